The van der Waals surface area contributed by atoms with E-state index in [9.17, 15) is 4.79 Å². The summed E-state index contributed by atoms with van der Waals surface area (Å²) >= 11 is 17.7. The van der Waals surface area contributed by atoms with Crippen molar-refractivity contribution < 1.29 is 4.74 Å². The van der Waals surface area contributed by atoms with Gasteiger partial charge in [0.25, 0.3) is 5.56 Å². The molecule has 3 aromatic carbocycles. The lowest BCUT2D eigenvalue weighted by Gasteiger charge is -2.13. The van der Waals surface area contributed by atoms with Crippen LogP contribution in [0.4, 0.5) is 0 Å². The molecule has 0 aliphatic rings. The highest BCUT2D eigenvalue weighted by molar-refractivity contribution is 9.11. The molecule has 0 amide bonds. The van der Waals surface area contributed by atoms with E-state index in [0.29, 0.717) is 35.5 Å². The fourth-order valence-electron chi connectivity index (χ4n) is 3.52. The van der Waals surface area contributed by atoms with E-state index in [1.54, 1.807) is 12.3 Å². The van der Waals surface area contributed by atoms with Gasteiger partial charge in [0.05, 0.1) is 26.1 Å². The van der Waals surface area contributed by atoms with Gasteiger partial charge in [-0.1, -0.05) is 67.2 Å². The smallest absolute Gasteiger partial charge is 0.282 e. The van der Waals surface area contributed by atoms with Gasteiger partial charge in [-0.3, -0.25) is 4.79 Å². The van der Waals surface area contributed by atoms with E-state index in [4.69, 9.17) is 9.72 Å². The van der Waals surface area contributed by atoms with Crippen LogP contribution in [0, 0.1) is 0 Å². The van der Waals surface area contributed by atoms with Crippen LogP contribution >= 0.6 is 79.6 Å². The molecule has 4 aromatic rings. The molecule has 1 aromatic heterocycles. The Bertz CT molecular complexity index is 1490. The highest BCUT2D eigenvalue weighted by Gasteiger charge is 2.13. The van der Waals surface area contributed by atoms with E-state index in [-0.39, 0.29) is 5.56 Å². The molecule has 4 rings (SSSR count). The predicted octanol–water partition coefficient (Wildman–Crippen LogP) is 9.01. The zero-order valence-electron chi connectivity index (χ0n) is 19.1. The summed E-state index contributed by atoms with van der Waals surface area (Å²) in [5.41, 5.74) is 2.30. The van der Waals surface area contributed by atoms with Crippen LogP contribution in [-0.4, -0.2) is 15.9 Å². The minimum Gasteiger partial charge on any atom is -0.486 e. The minimum absolute atomic E-state index is 0.193. The van der Waals surface area contributed by atoms with Crippen molar-refractivity contribution >= 4 is 96.8 Å². The van der Waals surface area contributed by atoms with Crippen molar-refractivity contribution in [2.24, 2.45) is 5.10 Å². The molecule has 1 heterocycles. The van der Waals surface area contributed by atoms with Crippen LogP contribution in [0.2, 0.25) is 0 Å². The number of hydrogen-bond donors (Lipinski definition) is 0. The van der Waals surface area contributed by atoms with Crippen molar-refractivity contribution in [3.8, 4) is 5.75 Å². The number of rotatable bonds is 8. The molecule has 0 radical (unpaired) electrons. The van der Waals surface area contributed by atoms with Gasteiger partial charge in [0.1, 0.15) is 18.2 Å². The average molecular weight is 806 g/mol. The van der Waals surface area contributed by atoms with Crippen LogP contribution < -0.4 is 10.3 Å². The van der Waals surface area contributed by atoms with Crippen molar-refractivity contribution in [1.29, 1.82) is 0 Å². The summed E-state index contributed by atoms with van der Waals surface area (Å²) in [6.45, 7) is 2.50. The van der Waals surface area contributed by atoms with Crippen LogP contribution in [0.1, 0.15) is 36.7 Å². The van der Waals surface area contributed by atoms with Gasteiger partial charge in [0.2, 0.25) is 0 Å². The second kappa shape index (κ2) is 12.5. The number of ether oxygens (including phenoxy) is 1. The number of nitrogens with zero attached hydrogens (tertiary/aromatic N) is 3. The maximum Gasteiger partial charge on any atom is 0.282 e. The fraction of sp³-hybridized carbons (Fsp3) is 0.192. The normalized spacial score (nSPS) is 11.5. The highest BCUT2D eigenvalue weighted by Crippen LogP contribution is 2.35. The Morgan fingerprint density at radius 2 is 1.64 bits per heavy atom. The molecule has 0 N–H and O–H groups in total. The second-order valence-corrected chi connectivity index (χ2v) is 12.4. The van der Waals surface area contributed by atoms with Gasteiger partial charge < -0.3 is 4.74 Å². The largest absolute Gasteiger partial charge is 0.486 e. The van der Waals surface area contributed by atoms with E-state index in [1.165, 1.54) is 4.68 Å². The molecule has 10 heteroatoms. The van der Waals surface area contributed by atoms with E-state index < -0.39 is 0 Å². The standard InChI is InChI=1S/C26H20Br5N3O2/c1-2-3-4-24-33-23-8-7-17(27)11-19(23)26(35)34(24)32-13-15-9-21(30)25(22(31)10-15)36-14-16-5-6-18(28)12-20(16)29/h5-13H,2-4,14H2,1H3. The first-order valence-corrected chi connectivity index (χ1v) is 15.0. The fourth-order valence-corrected chi connectivity index (χ4v) is 6.49. The molecule has 0 fully saturated rings. The molecular weight excluding hydrogens is 786 g/mol. The number of aromatic nitrogens is 2. The van der Waals surface area contributed by atoms with Crippen molar-refractivity contribution in [3.63, 3.8) is 0 Å². The third kappa shape index (κ3) is 6.56. The average Bonchev–Trinajstić information content (AvgIpc) is 2.83. The number of fused-ring (bicyclic) bond motifs is 1. The van der Waals surface area contributed by atoms with Crippen LogP contribution in [-0.2, 0) is 13.0 Å². The molecule has 0 aliphatic carbocycles. The van der Waals surface area contributed by atoms with Crippen LogP contribution in [0.3, 0.4) is 0 Å². The number of halogens is 5. The van der Waals surface area contributed by atoms with E-state index in [1.807, 2.05) is 42.5 Å². The number of aryl methyl sites for hydroxylation is 1. The Hall–Kier alpha value is -1.33. The maximum atomic E-state index is 13.3. The third-order valence-electron chi connectivity index (χ3n) is 5.36. The molecule has 186 valence electrons. The van der Waals surface area contributed by atoms with Crippen LogP contribution in [0.15, 0.2) is 80.8 Å². The Labute approximate surface area is 251 Å². The third-order valence-corrected chi connectivity index (χ3v) is 8.26. The van der Waals surface area contributed by atoms with E-state index >= 15 is 0 Å². The molecule has 0 unspecified atom stereocenters. The summed E-state index contributed by atoms with van der Waals surface area (Å²) in [6, 6.07) is 15.3. The number of unbranched alkanes of at least 4 members (excludes halogenated alkanes) is 1. The molecular formula is C26H20Br5N3O2. The van der Waals surface area contributed by atoms with Gasteiger partial charge in [-0.25, -0.2) is 4.98 Å². The van der Waals surface area contributed by atoms with Crippen molar-refractivity contribution in [2.75, 3.05) is 0 Å². The molecule has 0 saturated carbocycles. The monoisotopic (exact) mass is 801 g/mol. The summed E-state index contributed by atoms with van der Waals surface area (Å²) in [7, 11) is 0. The molecule has 0 aliphatic heterocycles. The van der Waals surface area contributed by atoms with E-state index in [2.05, 4.69) is 91.7 Å². The highest BCUT2D eigenvalue weighted by atomic mass is 79.9. The van der Waals surface area contributed by atoms with Gasteiger partial charge >= 0.3 is 0 Å². The molecule has 0 atom stereocenters. The molecule has 5 nitrogen and oxygen atoms in total. The van der Waals surface area contributed by atoms with E-state index in [0.717, 1.165) is 46.3 Å². The summed E-state index contributed by atoms with van der Waals surface area (Å²) in [5.74, 6) is 1.33. The lowest BCUT2D eigenvalue weighted by atomic mass is 10.2. The SMILES string of the molecule is CCCCc1nc2ccc(Br)cc2c(=O)n1N=Cc1cc(Br)c(OCc2ccc(Br)cc2Br)c(Br)c1. The maximum absolute atomic E-state index is 13.3. The minimum atomic E-state index is -0.193. The number of hydrogen-bond acceptors (Lipinski definition) is 4. The van der Waals surface area contributed by atoms with Crippen LogP contribution in [0.5, 0.6) is 5.75 Å². The Morgan fingerprint density at radius 1 is 0.944 bits per heavy atom. The molecule has 36 heavy (non-hydrogen) atoms. The topological polar surface area (TPSA) is 56.5 Å². The first-order chi connectivity index (χ1) is 17.3. The zero-order chi connectivity index (χ0) is 25.8. The lowest BCUT2D eigenvalue weighted by Crippen LogP contribution is -2.22. The summed E-state index contributed by atoms with van der Waals surface area (Å²) in [6.07, 6.45) is 4.24. The van der Waals surface area contributed by atoms with Gasteiger partial charge in [-0.15, -0.1) is 0 Å². The first-order valence-electron chi connectivity index (χ1n) is 11.1. The van der Waals surface area contributed by atoms with Gasteiger partial charge in [0, 0.05) is 25.4 Å². The summed E-state index contributed by atoms with van der Waals surface area (Å²) in [4.78, 5) is 18.0. The van der Waals surface area contributed by atoms with Gasteiger partial charge in [-0.05, 0) is 86.3 Å². The van der Waals surface area contributed by atoms with Crippen molar-refractivity contribution in [3.05, 3.63) is 98.2 Å². The molecule has 0 saturated heterocycles. The first kappa shape index (κ1) is 27.7. The number of benzene rings is 3. The van der Waals surface area contributed by atoms with Crippen LogP contribution in [0.25, 0.3) is 10.9 Å². The zero-order valence-corrected chi connectivity index (χ0v) is 27.0. The summed E-state index contributed by atoms with van der Waals surface area (Å²) in [5, 5.41) is 5.06. The molecule has 0 spiro atoms. The van der Waals surface area contributed by atoms with Crippen molar-refractivity contribution in [1.82, 2.24) is 9.66 Å². The quantitative estimate of drug-likeness (QED) is 0.167. The Morgan fingerprint density at radius 3 is 2.33 bits per heavy atom. The second-order valence-electron chi connectivity index (χ2n) is 7.99. The van der Waals surface area contributed by atoms with Crippen molar-refractivity contribution in [2.45, 2.75) is 32.8 Å². The predicted molar refractivity (Wildman–Crippen MR) is 163 cm³/mol. The lowest BCUT2D eigenvalue weighted by molar-refractivity contribution is 0.301. The van der Waals surface area contributed by atoms with Gasteiger partial charge in [0.15, 0.2) is 0 Å². The Balaban J connectivity index is 1.64. The summed E-state index contributed by atoms with van der Waals surface area (Å²) < 4.78 is 11.8. The molecule has 0 bridgehead atoms. The Kier molecular flexibility index (Phi) is 9.60. The van der Waals surface area contributed by atoms with Gasteiger partial charge in [-0.2, -0.15) is 9.78 Å².